The van der Waals surface area contributed by atoms with E-state index in [-0.39, 0.29) is 11.6 Å². The van der Waals surface area contributed by atoms with Gasteiger partial charge in [-0.2, -0.15) is 4.98 Å². The van der Waals surface area contributed by atoms with Crippen LogP contribution in [0.3, 0.4) is 0 Å². The topological polar surface area (TPSA) is 59.1 Å². The zero-order valence-electron chi connectivity index (χ0n) is 14.4. The molecule has 0 aliphatic carbocycles. The van der Waals surface area contributed by atoms with Crippen molar-refractivity contribution in [3.05, 3.63) is 65.9 Å². The Labute approximate surface area is 150 Å². The molecule has 0 bridgehead atoms. The highest BCUT2D eigenvalue weighted by Gasteiger charge is 2.08. The maximum Gasteiger partial charge on any atom is 0.229 e. The van der Waals surface area contributed by atoms with Crippen molar-refractivity contribution in [2.24, 2.45) is 0 Å². The van der Waals surface area contributed by atoms with E-state index in [0.717, 1.165) is 17.5 Å². The Kier molecular flexibility index (Phi) is 5.26. The van der Waals surface area contributed by atoms with Crippen molar-refractivity contribution in [3.8, 4) is 5.75 Å². The molecule has 2 N–H and O–H groups in total. The van der Waals surface area contributed by atoms with Crippen LogP contribution in [0.5, 0.6) is 5.75 Å². The Bertz CT molecular complexity index is 901. The van der Waals surface area contributed by atoms with Crippen LogP contribution in [0.4, 0.5) is 31.9 Å². The highest BCUT2D eigenvalue weighted by molar-refractivity contribution is 5.61. The largest absolute Gasteiger partial charge is 0.494 e. The number of halogens is 2. The third-order valence-electron chi connectivity index (χ3n) is 3.47. The lowest BCUT2D eigenvalue weighted by Crippen LogP contribution is -2.03. The summed E-state index contributed by atoms with van der Waals surface area (Å²) in [4.78, 5) is 8.55. The van der Waals surface area contributed by atoms with Crippen LogP contribution in [0.1, 0.15) is 12.6 Å². The van der Waals surface area contributed by atoms with E-state index in [1.54, 1.807) is 13.0 Å². The van der Waals surface area contributed by atoms with Gasteiger partial charge in [-0.05, 0) is 50.2 Å². The molecule has 0 amide bonds. The molecule has 2 aromatic carbocycles. The molecule has 3 rings (SSSR count). The van der Waals surface area contributed by atoms with Crippen LogP contribution < -0.4 is 15.4 Å². The van der Waals surface area contributed by atoms with Gasteiger partial charge in [0.2, 0.25) is 5.95 Å². The molecule has 0 atom stereocenters. The van der Waals surface area contributed by atoms with Crippen molar-refractivity contribution in [1.82, 2.24) is 9.97 Å². The summed E-state index contributed by atoms with van der Waals surface area (Å²) in [5, 5.41) is 5.93. The van der Waals surface area contributed by atoms with Gasteiger partial charge in [0, 0.05) is 23.5 Å². The number of aromatic nitrogens is 2. The molecule has 0 aliphatic heterocycles. The molecule has 5 nitrogen and oxygen atoms in total. The average molecular weight is 356 g/mol. The second-order valence-corrected chi connectivity index (χ2v) is 5.55. The minimum absolute atomic E-state index is 0.101. The first kappa shape index (κ1) is 17.6. The van der Waals surface area contributed by atoms with Crippen molar-refractivity contribution in [2.45, 2.75) is 13.8 Å². The van der Waals surface area contributed by atoms with Gasteiger partial charge in [-0.1, -0.05) is 0 Å². The van der Waals surface area contributed by atoms with E-state index >= 15 is 0 Å². The summed E-state index contributed by atoms with van der Waals surface area (Å²) in [6, 6.07) is 12.5. The van der Waals surface area contributed by atoms with Gasteiger partial charge in [0.25, 0.3) is 0 Å². The fourth-order valence-corrected chi connectivity index (χ4v) is 2.35. The first-order valence-electron chi connectivity index (χ1n) is 8.11. The van der Waals surface area contributed by atoms with Gasteiger partial charge in [0.15, 0.2) is 0 Å². The lowest BCUT2D eigenvalue weighted by atomic mass is 10.3. The number of ether oxygens (including phenoxy) is 1. The number of rotatable bonds is 6. The van der Waals surface area contributed by atoms with E-state index in [9.17, 15) is 8.78 Å². The monoisotopic (exact) mass is 356 g/mol. The Morgan fingerprint density at radius 3 is 2.42 bits per heavy atom. The van der Waals surface area contributed by atoms with Crippen molar-refractivity contribution >= 4 is 23.1 Å². The highest BCUT2D eigenvalue weighted by atomic mass is 19.1. The summed E-state index contributed by atoms with van der Waals surface area (Å²) in [5.41, 5.74) is 1.62. The standard InChI is InChI=1S/C19H18F2N4O/c1-3-26-15-7-5-14(6-8-15)23-18-10-12(2)22-19(25-18)24-17-9-4-13(20)11-16(17)21/h4-11H,3H2,1-2H3,(H2,22,23,24,25). The van der Waals surface area contributed by atoms with Gasteiger partial charge < -0.3 is 15.4 Å². The number of hydrogen-bond acceptors (Lipinski definition) is 5. The normalized spacial score (nSPS) is 10.5. The molecule has 1 aromatic heterocycles. The zero-order chi connectivity index (χ0) is 18.5. The summed E-state index contributed by atoms with van der Waals surface area (Å²) in [6.45, 7) is 4.33. The zero-order valence-corrected chi connectivity index (χ0v) is 14.4. The molecule has 0 saturated carbocycles. The third-order valence-corrected chi connectivity index (χ3v) is 3.47. The Hall–Kier alpha value is -3.22. The number of aryl methyl sites for hydroxylation is 1. The van der Waals surface area contributed by atoms with Crippen molar-refractivity contribution < 1.29 is 13.5 Å². The second kappa shape index (κ2) is 7.77. The van der Waals surface area contributed by atoms with Crippen LogP contribution in [0.25, 0.3) is 0 Å². The van der Waals surface area contributed by atoms with Crippen LogP contribution >= 0.6 is 0 Å². The highest BCUT2D eigenvalue weighted by Crippen LogP contribution is 2.22. The molecule has 0 saturated heterocycles. The second-order valence-electron chi connectivity index (χ2n) is 5.55. The van der Waals surface area contributed by atoms with Gasteiger partial charge in [-0.15, -0.1) is 0 Å². The number of nitrogens with one attached hydrogen (secondary N) is 2. The molecule has 0 aliphatic rings. The van der Waals surface area contributed by atoms with Crippen molar-refractivity contribution in [1.29, 1.82) is 0 Å². The minimum atomic E-state index is -0.712. The van der Waals surface area contributed by atoms with Crippen molar-refractivity contribution in [2.75, 3.05) is 17.2 Å². The van der Waals surface area contributed by atoms with E-state index in [0.29, 0.717) is 18.1 Å². The maximum absolute atomic E-state index is 13.8. The molecule has 3 aromatic rings. The van der Waals surface area contributed by atoms with Crippen LogP contribution in [0.2, 0.25) is 0 Å². The molecule has 134 valence electrons. The summed E-state index contributed by atoms with van der Waals surface area (Å²) in [7, 11) is 0. The SMILES string of the molecule is CCOc1ccc(Nc2cc(C)nc(Nc3ccc(F)cc3F)n2)cc1. The summed E-state index contributed by atoms with van der Waals surface area (Å²) in [5.74, 6) is 0.189. The first-order chi connectivity index (χ1) is 12.5. The van der Waals surface area contributed by atoms with Crippen LogP contribution in [0, 0.1) is 18.6 Å². The number of benzene rings is 2. The van der Waals surface area contributed by atoms with E-state index in [1.165, 1.54) is 12.1 Å². The fraction of sp³-hybridized carbons (Fsp3) is 0.158. The van der Waals surface area contributed by atoms with Gasteiger partial charge in [-0.25, -0.2) is 13.8 Å². The molecule has 0 fully saturated rings. The predicted octanol–water partition coefficient (Wildman–Crippen LogP) is 4.95. The quantitative estimate of drug-likeness (QED) is 0.654. The molecule has 1 heterocycles. The van der Waals surface area contributed by atoms with E-state index in [1.807, 2.05) is 31.2 Å². The Morgan fingerprint density at radius 2 is 1.73 bits per heavy atom. The fourth-order valence-electron chi connectivity index (χ4n) is 2.35. The molecular formula is C19H18F2N4O. The lowest BCUT2D eigenvalue weighted by Gasteiger charge is -2.11. The molecule has 0 radical (unpaired) electrons. The van der Waals surface area contributed by atoms with Crippen LogP contribution in [0.15, 0.2) is 48.5 Å². The van der Waals surface area contributed by atoms with Gasteiger partial charge in [0.05, 0.1) is 12.3 Å². The van der Waals surface area contributed by atoms with Gasteiger partial charge >= 0.3 is 0 Å². The van der Waals surface area contributed by atoms with E-state index < -0.39 is 11.6 Å². The Balaban J connectivity index is 1.78. The molecular weight excluding hydrogens is 338 g/mol. The summed E-state index contributed by atoms with van der Waals surface area (Å²) in [6.07, 6.45) is 0. The summed E-state index contributed by atoms with van der Waals surface area (Å²) < 4.78 is 32.2. The van der Waals surface area contributed by atoms with E-state index in [4.69, 9.17) is 4.74 Å². The van der Waals surface area contributed by atoms with Gasteiger partial charge in [-0.3, -0.25) is 0 Å². The third kappa shape index (κ3) is 4.44. The van der Waals surface area contributed by atoms with Crippen LogP contribution in [-0.2, 0) is 0 Å². The predicted molar refractivity (Wildman–Crippen MR) is 97.3 cm³/mol. The number of anilines is 4. The van der Waals surface area contributed by atoms with Crippen molar-refractivity contribution in [3.63, 3.8) is 0 Å². The first-order valence-corrected chi connectivity index (χ1v) is 8.11. The summed E-state index contributed by atoms with van der Waals surface area (Å²) >= 11 is 0. The molecule has 0 unspecified atom stereocenters. The lowest BCUT2D eigenvalue weighted by molar-refractivity contribution is 0.340. The smallest absolute Gasteiger partial charge is 0.229 e. The number of nitrogens with zero attached hydrogens (tertiary/aromatic N) is 2. The Morgan fingerprint density at radius 1 is 0.962 bits per heavy atom. The molecule has 7 heteroatoms. The maximum atomic E-state index is 13.8. The minimum Gasteiger partial charge on any atom is -0.494 e. The molecule has 0 spiro atoms. The van der Waals surface area contributed by atoms with Crippen LogP contribution in [-0.4, -0.2) is 16.6 Å². The number of hydrogen-bond donors (Lipinski definition) is 2. The van der Waals surface area contributed by atoms with Gasteiger partial charge in [0.1, 0.15) is 23.2 Å². The average Bonchev–Trinajstić information content (AvgIpc) is 2.59. The molecule has 26 heavy (non-hydrogen) atoms. The van der Waals surface area contributed by atoms with E-state index in [2.05, 4.69) is 20.6 Å².